The van der Waals surface area contributed by atoms with Gasteiger partial charge in [0.2, 0.25) is 0 Å². The summed E-state index contributed by atoms with van der Waals surface area (Å²) in [6.07, 6.45) is 47.0. The molecule has 0 radical (unpaired) electrons. The first-order valence-corrected chi connectivity index (χ1v) is 18.5. The van der Waals surface area contributed by atoms with Crippen molar-refractivity contribution in [3.8, 4) is 0 Å². The van der Waals surface area contributed by atoms with Gasteiger partial charge in [0.05, 0.1) is 0 Å². The third-order valence-corrected chi connectivity index (χ3v) is 9.05. The molecule has 0 saturated carbocycles. The van der Waals surface area contributed by atoms with Gasteiger partial charge in [0.15, 0.2) is 0 Å². The van der Waals surface area contributed by atoms with Crippen LogP contribution >= 0.6 is 0 Å². The second kappa shape index (κ2) is 28.9. The first-order chi connectivity index (χ1) is 19.3. The first-order valence-electron chi connectivity index (χ1n) is 18.5. The molecule has 2 heteroatoms. The van der Waals surface area contributed by atoms with Crippen molar-refractivity contribution >= 4 is 0 Å². The minimum Gasteiger partial charge on any atom is -0.356 e. The van der Waals surface area contributed by atoms with Gasteiger partial charge in [-0.3, -0.25) is 0 Å². The van der Waals surface area contributed by atoms with E-state index >= 15 is 0 Å². The number of nitrogens with zero attached hydrogens (tertiary/aromatic N) is 2. The van der Waals surface area contributed by atoms with Gasteiger partial charge in [-0.2, -0.15) is 0 Å². The smallest absolute Gasteiger partial charge is 0.101 e. The van der Waals surface area contributed by atoms with Gasteiger partial charge >= 0.3 is 0 Å². The van der Waals surface area contributed by atoms with Gasteiger partial charge in [0.1, 0.15) is 6.17 Å². The third-order valence-electron chi connectivity index (χ3n) is 9.05. The Morgan fingerprint density at radius 1 is 0.333 bits per heavy atom. The molecule has 0 spiro atoms. The molecule has 1 heterocycles. The van der Waals surface area contributed by atoms with Crippen molar-refractivity contribution in [1.29, 1.82) is 0 Å². The zero-order chi connectivity index (χ0) is 28.1. The Morgan fingerprint density at radius 3 is 0.846 bits per heavy atom. The maximum atomic E-state index is 2.66. The fourth-order valence-electron chi connectivity index (χ4n) is 6.40. The zero-order valence-electron chi connectivity index (χ0n) is 27.5. The molecule has 2 nitrogen and oxygen atoms in total. The lowest BCUT2D eigenvalue weighted by Crippen LogP contribution is -2.39. The molecular formula is C37H74N2. The minimum absolute atomic E-state index is 0.634. The Labute approximate surface area is 248 Å². The summed E-state index contributed by atoms with van der Waals surface area (Å²) in [7, 11) is 0. The Hall–Kier alpha value is -0.660. The van der Waals surface area contributed by atoms with Crippen LogP contribution in [0, 0.1) is 0 Å². The Morgan fingerprint density at radius 2 is 0.590 bits per heavy atom. The molecule has 0 aromatic heterocycles. The lowest BCUT2D eigenvalue weighted by molar-refractivity contribution is 0.138. The summed E-state index contributed by atoms with van der Waals surface area (Å²) < 4.78 is 0. The van der Waals surface area contributed by atoms with Crippen molar-refractivity contribution < 1.29 is 0 Å². The lowest BCUT2D eigenvalue weighted by Gasteiger charge is -2.33. The molecule has 0 bridgehead atoms. The minimum atomic E-state index is 0.634. The van der Waals surface area contributed by atoms with E-state index < -0.39 is 0 Å². The number of hydrogen-bond donors (Lipinski definition) is 0. The van der Waals surface area contributed by atoms with Crippen LogP contribution in [0.2, 0.25) is 0 Å². The summed E-state index contributed by atoms with van der Waals surface area (Å²) in [5, 5.41) is 0. The van der Waals surface area contributed by atoms with E-state index in [1.54, 1.807) is 0 Å². The molecule has 0 saturated heterocycles. The highest BCUT2D eigenvalue weighted by molar-refractivity contribution is 4.96. The molecule has 1 aliphatic rings. The molecular weight excluding hydrogens is 472 g/mol. The SMILES string of the molecule is CCCCCCCCCCCCCCCCN1C=CN(CCCCCCCCCCCCCCC)C1CCC. The van der Waals surface area contributed by atoms with Gasteiger partial charge in [0, 0.05) is 25.5 Å². The predicted octanol–water partition coefficient (Wildman–Crippen LogP) is 12.8. The normalized spacial score (nSPS) is 15.2. The summed E-state index contributed by atoms with van der Waals surface area (Å²) in [6, 6.07) is 0. The number of unbranched alkanes of at least 4 members (excludes halogenated alkanes) is 25. The Balaban J connectivity index is 1.95. The molecule has 232 valence electrons. The van der Waals surface area contributed by atoms with Crippen LogP contribution < -0.4 is 0 Å². The monoisotopic (exact) mass is 547 g/mol. The largest absolute Gasteiger partial charge is 0.356 e. The Kier molecular flexibility index (Phi) is 26.9. The molecule has 0 aliphatic carbocycles. The van der Waals surface area contributed by atoms with Crippen LogP contribution in [-0.4, -0.2) is 29.1 Å². The van der Waals surface area contributed by atoms with E-state index in [4.69, 9.17) is 0 Å². The molecule has 1 rings (SSSR count). The van der Waals surface area contributed by atoms with E-state index in [-0.39, 0.29) is 0 Å². The van der Waals surface area contributed by atoms with Crippen molar-refractivity contribution in [2.75, 3.05) is 13.1 Å². The van der Waals surface area contributed by atoms with Gasteiger partial charge < -0.3 is 9.80 Å². The van der Waals surface area contributed by atoms with Crippen LogP contribution in [0.25, 0.3) is 0 Å². The molecule has 0 aromatic rings. The third kappa shape index (κ3) is 21.7. The van der Waals surface area contributed by atoms with Crippen LogP contribution in [0.5, 0.6) is 0 Å². The van der Waals surface area contributed by atoms with Crippen molar-refractivity contribution in [2.45, 2.75) is 213 Å². The van der Waals surface area contributed by atoms with Gasteiger partial charge in [0.25, 0.3) is 0 Å². The second-order valence-corrected chi connectivity index (χ2v) is 12.9. The molecule has 1 unspecified atom stereocenters. The van der Waals surface area contributed by atoms with E-state index in [0.29, 0.717) is 6.17 Å². The summed E-state index contributed by atoms with van der Waals surface area (Å²) in [4.78, 5) is 5.32. The Bertz CT molecular complexity index is 502. The molecule has 0 amide bonds. The lowest BCUT2D eigenvalue weighted by atomic mass is 10.0. The van der Waals surface area contributed by atoms with Crippen molar-refractivity contribution in [3.63, 3.8) is 0 Å². The average molecular weight is 547 g/mol. The summed E-state index contributed by atoms with van der Waals surface area (Å²) in [6.45, 7) is 9.48. The van der Waals surface area contributed by atoms with Gasteiger partial charge in [-0.1, -0.05) is 188 Å². The fraction of sp³-hybridized carbons (Fsp3) is 0.946. The van der Waals surface area contributed by atoms with Crippen LogP contribution in [0.1, 0.15) is 207 Å². The average Bonchev–Trinajstić information content (AvgIpc) is 3.32. The number of rotatable bonds is 31. The van der Waals surface area contributed by atoms with Crippen molar-refractivity contribution in [2.24, 2.45) is 0 Å². The van der Waals surface area contributed by atoms with Gasteiger partial charge in [-0.25, -0.2) is 0 Å². The standard InChI is InChI=1S/C37H74N2/c1-4-7-9-11-13-15-17-19-21-23-25-27-29-31-34-39-36-35-38(37(39)32-6-3)33-30-28-26-24-22-20-18-16-14-12-10-8-5-2/h35-37H,4-34H2,1-3H3. The molecule has 39 heavy (non-hydrogen) atoms. The first kappa shape index (κ1) is 36.4. The van der Waals surface area contributed by atoms with Crippen molar-refractivity contribution in [1.82, 2.24) is 9.80 Å². The highest BCUT2D eigenvalue weighted by Crippen LogP contribution is 2.22. The number of hydrogen-bond acceptors (Lipinski definition) is 2. The maximum Gasteiger partial charge on any atom is 0.101 e. The van der Waals surface area contributed by atoms with Gasteiger partial charge in [-0.05, 0) is 19.3 Å². The van der Waals surface area contributed by atoms with Crippen LogP contribution in [0.15, 0.2) is 12.4 Å². The second-order valence-electron chi connectivity index (χ2n) is 12.9. The maximum absolute atomic E-state index is 2.66. The topological polar surface area (TPSA) is 6.48 Å². The van der Waals surface area contributed by atoms with Crippen LogP contribution in [0.3, 0.4) is 0 Å². The molecule has 0 N–H and O–H groups in total. The highest BCUT2D eigenvalue weighted by Gasteiger charge is 2.24. The highest BCUT2D eigenvalue weighted by atomic mass is 15.4. The van der Waals surface area contributed by atoms with E-state index in [1.807, 2.05) is 0 Å². The summed E-state index contributed by atoms with van der Waals surface area (Å²) in [5.74, 6) is 0. The quantitative estimate of drug-likeness (QED) is 0.0798. The van der Waals surface area contributed by atoms with E-state index in [0.717, 1.165) is 0 Å². The van der Waals surface area contributed by atoms with Gasteiger partial charge in [-0.15, -0.1) is 0 Å². The fourth-order valence-corrected chi connectivity index (χ4v) is 6.40. The van der Waals surface area contributed by atoms with E-state index in [1.165, 1.54) is 199 Å². The predicted molar refractivity (Wildman–Crippen MR) is 177 cm³/mol. The summed E-state index contributed by atoms with van der Waals surface area (Å²) in [5.41, 5.74) is 0. The molecule has 1 atom stereocenters. The van der Waals surface area contributed by atoms with Crippen molar-refractivity contribution in [3.05, 3.63) is 12.4 Å². The molecule has 1 aliphatic heterocycles. The van der Waals surface area contributed by atoms with E-state index in [2.05, 4.69) is 43.0 Å². The van der Waals surface area contributed by atoms with Crippen LogP contribution in [0.4, 0.5) is 0 Å². The van der Waals surface area contributed by atoms with Crippen LogP contribution in [-0.2, 0) is 0 Å². The summed E-state index contributed by atoms with van der Waals surface area (Å²) >= 11 is 0. The molecule has 0 fully saturated rings. The zero-order valence-corrected chi connectivity index (χ0v) is 27.5. The van der Waals surface area contributed by atoms with E-state index in [9.17, 15) is 0 Å². The molecule has 0 aromatic carbocycles.